The summed E-state index contributed by atoms with van der Waals surface area (Å²) in [6, 6.07) is 8.47. The first-order chi connectivity index (χ1) is 11.6. The number of aromatic nitrogens is 3. The maximum absolute atomic E-state index is 11.3. The number of aromatic carboxylic acids is 1. The molecule has 3 rings (SSSR count). The summed E-state index contributed by atoms with van der Waals surface area (Å²) in [6.45, 7) is 0.272. The van der Waals surface area contributed by atoms with Gasteiger partial charge < -0.3 is 10.2 Å². The highest BCUT2D eigenvalue weighted by atomic mass is 35.5. The lowest BCUT2D eigenvalue weighted by Gasteiger charge is -2.07. The Morgan fingerprint density at radius 2 is 1.92 bits per heavy atom. The highest BCUT2D eigenvalue weighted by molar-refractivity contribution is 6.36. The number of carboxylic acid groups (broad SMARTS) is 1. The molecule has 0 saturated heterocycles. The number of aliphatic hydroxyl groups excluding tert-OH is 1. The van der Waals surface area contributed by atoms with Gasteiger partial charge in [0.05, 0.1) is 23.7 Å². The summed E-state index contributed by atoms with van der Waals surface area (Å²) in [5, 5.41) is 23.1. The summed E-state index contributed by atoms with van der Waals surface area (Å²) in [5.41, 5.74) is 2.78. The molecule has 0 aliphatic carbocycles. The Morgan fingerprint density at radius 1 is 1.17 bits per heavy atom. The number of rotatable bonds is 5. The molecule has 0 amide bonds. The Kier molecular flexibility index (Phi) is 4.59. The van der Waals surface area contributed by atoms with E-state index in [0.29, 0.717) is 23.4 Å². The normalized spacial score (nSPS) is 10.8. The van der Waals surface area contributed by atoms with Gasteiger partial charge in [0.1, 0.15) is 5.69 Å². The molecule has 0 unspecified atom stereocenters. The second-order valence-electron chi connectivity index (χ2n) is 5.09. The molecule has 0 radical (unpaired) electrons. The fourth-order valence-corrected chi connectivity index (χ4v) is 2.77. The lowest BCUT2D eigenvalue weighted by atomic mass is 10.0. The first-order valence-corrected chi connectivity index (χ1v) is 7.60. The lowest BCUT2D eigenvalue weighted by Crippen LogP contribution is -2.02. The summed E-state index contributed by atoms with van der Waals surface area (Å²) in [6.07, 6.45) is 5.05. The minimum atomic E-state index is -1.09. The molecule has 1 aromatic carbocycles. The van der Waals surface area contributed by atoms with Crippen LogP contribution in [-0.4, -0.2) is 37.6 Å². The molecule has 0 aliphatic heterocycles. The number of hydrogen-bond donors (Lipinski definition) is 2. The van der Waals surface area contributed by atoms with Crippen LogP contribution in [0.2, 0.25) is 5.02 Å². The van der Waals surface area contributed by atoms with Gasteiger partial charge in [-0.2, -0.15) is 5.10 Å². The molecule has 2 heterocycles. The zero-order chi connectivity index (χ0) is 17.1. The summed E-state index contributed by atoms with van der Waals surface area (Å²) in [5.74, 6) is -1.09. The van der Waals surface area contributed by atoms with Crippen LogP contribution < -0.4 is 0 Å². The number of aliphatic hydroxyl groups is 1. The molecule has 6 nitrogen and oxygen atoms in total. The third kappa shape index (κ3) is 3.02. The zero-order valence-electron chi connectivity index (χ0n) is 12.6. The summed E-state index contributed by atoms with van der Waals surface area (Å²) in [4.78, 5) is 15.3. The van der Waals surface area contributed by atoms with Crippen molar-refractivity contribution in [2.45, 2.75) is 6.54 Å². The minimum Gasteiger partial charge on any atom is -0.478 e. The van der Waals surface area contributed by atoms with E-state index in [0.717, 1.165) is 5.56 Å². The molecule has 2 N–H and O–H groups in total. The van der Waals surface area contributed by atoms with Gasteiger partial charge in [0.2, 0.25) is 0 Å². The third-order valence-electron chi connectivity index (χ3n) is 3.56. The van der Waals surface area contributed by atoms with Crippen LogP contribution in [0, 0.1) is 0 Å². The Bertz CT molecular complexity index is 878. The van der Waals surface area contributed by atoms with E-state index in [1.165, 1.54) is 6.07 Å². The Hall–Kier alpha value is -2.70. The smallest absolute Gasteiger partial charge is 0.337 e. The molecule has 2 aromatic heterocycles. The molecule has 0 aliphatic rings. The molecular formula is C17H14ClN3O3. The van der Waals surface area contributed by atoms with Gasteiger partial charge in [0, 0.05) is 35.3 Å². The van der Waals surface area contributed by atoms with E-state index < -0.39 is 5.97 Å². The van der Waals surface area contributed by atoms with Gasteiger partial charge in [-0.05, 0) is 18.2 Å². The summed E-state index contributed by atoms with van der Waals surface area (Å²) >= 11 is 6.30. The van der Waals surface area contributed by atoms with Crippen molar-refractivity contribution in [1.29, 1.82) is 0 Å². The van der Waals surface area contributed by atoms with Crippen LogP contribution in [0.4, 0.5) is 0 Å². The van der Waals surface area contributed by atoms with Crippen LogP contribution in [-0.2, 0) is 6.54 Å². The van der Waals surface area contributed by atoms with Crippen molar-refractivity contribution in [2.75, 3.05) is 6.61 Å². The molecule has 122 valence electrons. The van der Waals surface area contributed by atoms with Crippen molar-refractivity contribution in [2.24, 2.45) is 0 Å². The molecule has 0 atom stereocenters. The van der Waals surface area contributed by atoms with Crippen molar-refractivity contribution >= 4 is 17.6 Å². The number of hydrogen-bond acceptors (Lipinski definition) is 4. The van der Waals surface area contributed by atoms with E-state index in [2.05, 4.69) is 10.1 Å². The molecule has 0 spiro atoms. The summed E-state index contributed by atoms with van der Waals surface area (Å²) in [7, 11) is 0. The predicted octanol–water partition coefficient (Wildman–Crippen LogP) is 2.96. The van der Waals surface area contributed by atoms with E-state index in [1.807, 2.05) is 12.1 Å². The second kappa shape index (κ2) is 6.82. The molecule has 0 fully saturated rings. The van der Waals surface area contributed by atoms with Gasteiger partial charge in [0.25, 0.3) is 0 Å². The SMILES string of the molecule is O=C(O)c1cccc(-c2cn(CCO)nc2-c2ccncc2)c1Cl. The highest BCUT2D eigenvalue weighted by Gasteiger charge is 2.19. The maximum Gasteiger partial charge on any atom is 0.337 e. The Morgan fingerprint density at radius 3 is 2.58 bits per heavy atom. The zero-order valence-corrected chi connectivity index (χ0v) is 13.3. The fourth-order valence-electron chi connectivity index (χ4n) is 2.46. The van der Waals surface area contributed by atoms with Crippen molar-refractivity contribution in [3.63, 3.8) is 0 Å². The van der Waals surface area contributed by atoms with Crippen LogP contribution >= 0.6 is 11.6 Å². The maximum atomic E-state index is 11.3. The number of carbonyl (C=O) groups is 1. The lowest BCUT2D eigenvalue weighted by molar-refractivity contribution is 0.0697. The van der Waals surface area contributed by atoms with E-state index in [4.69, 9.17) is 16.7 Å². The van der Waals surface area contributed by atoms with Crippen LogP contribution in [0.5, 0.6) is 0 Å². The van der Waals surface area contributed by atoms with Crippen molar-refractivity contribution < 1.29 is 15.0 Å². The quantitative estimate of drug-likeness (QED) is 0.743. The topological polar surface area (TPSA) is 88.2 Å². The number of carboxylic acids is 1. The molecule has 3 aromatic rings. The average molecular weight is 344 g/mol. The van der Waals surface area contributed by atoms with Crippen LogP contribution in [0.15, 0.2) is 48.9 Å². The van der Waals surface area contributed by atoms with Gasteiger partial charge in [0.15, 0.2) is 0 Å². The van der Waals surface area contributed by atoms with Crippen LogP contribution in [0.25, 0.3) is 22.4 Å². The molecule has 7 heteroatoms. The molecular weight excluding hydrogens is 330 g/mol. The average Bonchev–Trinajstić information content (AvgIpc) is 2.99. The minimum absolute atomic E-state index is 0.0322. The molecule has 0 saturated carbocycles. The van der Waals surface area contributed by atoms with Crippen molar-refractivity contribution in [3.05, 3.63) is 59.5 Å². The van der Waals surface area contributed by atoms with E-state index in [1.54, 1.807) is 35.4 Å². The number of pyridine rings is 1. The van der Waals surface area contributed by atoms with E-state index in [9.17, 15) is 9.90 Å². The first kappa shape index (κ1) is 16.2. The highest BCUT2D eigenvalue weighted by Crippen LogP contribution is 2.36. The fraction of sp³-hybridized carbons (Fsp3) is 0.118. The predicted molar refractivity (Wildman–Crippen MR) is 89.9 cm³/mol. The number of benzene rings is 1. The number of halogens is 1. The van der Waals surface area contributed by atoms with Gasteiger partial charge in [-0.3, -0.25) is 9.67 Å². The van der Waals surface area contributed by atoms with Gasteiger partial charge in [-0.25, -0.2) is 4.79 Å². The van der Waals surface area contributed by atoms with Crippen LogP contribution in [0.3, 0.4) is 0 Å². The second-order valence-corrected chi connectivity index (χ2v) is 5.46. The van der Waals surface area contributed by atoms with Crippen LogP contribution in [0.1, 0.15) is 10.4 Å². The summed E-state index contributed by atoms with van der Waals surface area (Å²) < 4.78 is 1.61. The van der Waals surface area contributed by atoms with Gasteiger partial charge in [-0.15, -0.1) is 0 Å². The van der Waals surface area contributed by atoms with E-state index >= 15 is 0 Å². The first-order valence-electron chi connectivity index (χ1n) is 7.22. The van der Waals surface area contributed by atoms with Crippen molar-refractivity contribution in [1.82, 2.24) is 14.8 Å². The van der Waals surface area contributed by atoms with Gasteiger partial charge >= 0.3 is 5.97 Å². The van der Waals surface area contributed by atoms with Gasteiger partial charge in [-0.1, -0.05) is 23.7 Å². The van der Waals surface area contributed by atoms with E-state index in [-0.39, 0.29) is 17.2 Å². The third-order valence-corrected chi connectivity index (χ3v) is 3.97. The monoisotopic (exact) mass is 343 g/mol. The molecule has 24 heavy (non-hydrogen) atoms. The number of nitrogens with zero attached hydrogens (tertiary/aromatic N) is 3. The van der Waals surface area contributed by atoms with Crippen molar-refractivity contribution in [3.8, 4) is 22.4 Å². The standard InChI is InChI=1S/C17H14ClN3O3/c18-15-12(2-1-3-13(15)17(23)24)14-10-21(8-9-22)20-16(14)11-4-6-19-7-5-11/h1-7,10,22H,8-9H2,(H,23,24). The Labute approximate surface area is 143 Å². The largest absolute Gasteiger partial charge is 0.478 e. The Balaban J connectivity index is 2.21. The molecule has 0 bridgehead atoms.